The highest BCUT2D eigenvalue weighted by atomic mass is 32.1. The van der Waals surface area contributed by atoms with Crippen LogP contribution in [0.25, 0.3) is 10.9 Å². The first-order valence-electron chi connectivity index (χ1n) is 8.80. The summed E-state index contributed by atoms with van der Waals surface area (Å²) in [5.41, 5.74) is 0.203. The molecule has 0 saturated carbocycles. The first-order chi connectivity index (χ1) is 14.5. The molecule has 4 aromatic rings. The van der Waals surface area contributed by atoms with Crippen molar-refractivity contribution >= 4 is 39.2 Å². The Bertz CT molecular complexity index is 1310. The number of carbonyl (C=O) groups is 1. The van der Waals surface area contributed by atoms with E-state index in [0.717, 1.165) is 11.5 Å². The number of nitrogens with one attached hydrogen (secondary N) is 2. The fourth-order valence-electron chi connectivity index (χ4n) is 2.68. The lowest BCUT2D eigenvalue weighted by Crippen LogP contribution is -2.24. The highest BCUT2D eigenvalue weighted by Crippen LogP contribution is 2.26. The quantitative estimate of drug-likeness (QED) is 0.333. The van der Waals surface area contributed by atoms with Crippen LogP contribution in [0, 0.1) is 6.92 Å². The average molecular weight is 421 g/mol. The van der Waals surface area contributed by atoms with E-state index in [4.69, 9.17) is 0 Å². The molecule has 0 saturated heterocycles. The van der Waals surface area contributed by atoms with E-state index in [0.29, 0.717) is 16.7 Å². The second-order valence-corrected chi connectivity index (χ2v) is 6.95. The molecule has 30 heavy (non-hydrogen) atoms. The minimum absolute atomic E-state index is 0.0107. The van der Waals surface area contributed by atoms with Crippen molar-refractivity contribution in [2.24, 2.45) is 10.2 Å². The number of phenolic OH excluding ortho intramolecular Hbond substituents is 1. The summed E-state index contributed by atoms with van der Waals surface area (Å²) < 4.78 is 4.02. The number of amides is 1. The Kier molecular flexibility index (Phi) is 5.26. The first kappa shape index (κ1) is 19.3. The van der Waals surface area contributed by atoms with Gasteiger partial charge in [0, 0.05) is 11.5 Å². The summed E-state index contributed by atoms with van der Waals surface area (Å²) in [6, 6.07) is 11.7. The predicted octanol–water partition coefficient (Wildman–Crippen LogP) is 3.25. The molecule has 150 valence electrons. The maximum Gasteiger partial charge on any atom is 0.259 e. The lowest BCUT2D eigenvalue weighted by Gasteiger charge is -2.12. The average Bonchev–Trinajstić information content (AvgIpc) is 3.15. The highest BCUT2D eigenvalue weighted by Gasteiger charge is 2.25. The summed E-state index contributed by atoms with van der Waals surface area (Å²) in [5.74, 6) is -0.209. The molecule has 11 heteroatoms. The lowest BCUT2D eigenvalue weighted by molar-refractivity contribution is -0.117. The zero-order valence-electron chi connectivity index (χ0n) is 15.6. The molecule has 2 aromatic heterocycles. The minimum atomic E-state index is -1.29. The molecule has 4 rings (SSSR count). The van der Waals surface area contributed by atoms with E-state index < -0.39 is 17.5 Å². The maximum atomic E-state index is 13.0. The van der Waals surface area contributed by atoms with E-state index in [1.165, 1.54) is 12.1 Å². The van der Waals surface area contributed by atoms with Gasteiger partial charge in [-0.15, -0.1) is 5.11 Å². The third kappa shape index (κ3) is 4.05. The Morgan fingerprint density at radius 2 is 1.93 bits per heavy atom. The minimum Gasteiger partial charge on any atom is -0.506 e. The van der Waals surface area contributed by atoms with Crippen LogP contribution in [0.1, 0.15) is 17.7 Å². The molecule has 1 atom stereocenters. The van der Waals surface area contributed by atoms with Crippen molar-refractivity contribution < 1.29 is 9.90 Å². The second-order valence-electron chi connectivity index (χ2n) is 6.22. The van der Waals surface area contributed by atoms with Crippen molar-refractivity contribution in [1.29, 1.82) is 0 Å². The number of aryl methyl sites for hydroxylation is 1. The van der Waals surface area contributed by atoms with Crippen molar-refractivity contribution in [3.8, 4) is 5.75 Å². The van der Waals surface area contributed by atoms with Gasteiger partial charge in [0.15, 0.2) is 0 Å². The zero-order chi connectivity index (χ0) is 21.1. The van der Waals surface area contributed by atoms with E-state index in [-0.39, 0.29) is 22.4 Å². The summed E-state index contributed by atoms with van der Waals surface area (Å²) in [4.78, 5) is 36.5. The van der Waals surface area contributed by atoms with E-state index >= 15 is 0 Å². The number of hydrogen-bond donors (Lipinski definition) is 3. The number of aromatic hydroxyl groups is 1. The number of aromatic amines is 1. The van der Waals surface area contributed by atoms with Gasteiger partial charge in [-0.3, -0.25) is 9.59 Å². The number of carbonyl (C=O) groups excluding carboxylic acids is 1. The van der Waals surface area contributed by atoms with E-state index in [1.807, 2.05) is 0 Å². The van der Waals surface area contributed by atoms with E-state index in [1.54, 1.807) is 43.3 Å². The molecule has 1 unspecified atom stereocenters. The molecule has 1 amide bonds. The molecule has 0 aliphatic rings. The molecular formula is C19H15N7O3S. The number of hydrogen-bond acceptors (Lipinski definition) is 9. The van der Waals surface area contributed by atoms with E-state index in [2.05, 4.69) is 34.9 Å². The number of anilines is 1. The summed E-state index contributed by atoms with van der Waals surface area (Å²) in [7, 11) is 0. The molecule has 0 aliphatic heterocycles. The van der Waals surface area contributed by atoms with Gasteiger partial charge in [-0.05, 0) is 31.2 Å². The van der Waals surface area contributed by atoms with Crippen LogP contribution < -0.4 is 10.9 Å². The summed E-state index contributed by atoms with van der Waals surface area (Å²) in [5, 5.41) is 21.2. The van der Waals surface area contributed by atoms with Crippen molar-refractivity contribution in [1.82, 2.24) is 19.3 Å². The number of rotatable bonds is 5. The van der Waals surface area contributed by atoms with Crippen molar-refractivity contribution in [3.63, 3.8) is 0 Å². The summed E-state index contributed by atoms with van der Waals surface area (Å²) >= 11 is 1.02. The van der Waals surface area contributed by atoms with Gasteiger partial charge in [0.1, 0.15) is 17.4 Å². The number of azo groups is 1. The van der Waals surface area contributed by atoms with Crippen LogP contribution in [0.15, 0.2) is 63.6 Å². The number of phenols is 1. The van der Waals surface area contributed by atoms with Gasteiger partial charge in [-0.2, -0.15) is 9.49 Å². The number of H-pyrrole nitrogens is 1. The number of aromatic nitrogens is 4. The van der Waals surface area contributed by atoms with Crippen LogP contribution in [0.5, 0.6) is 5.75 Å². The van der Waals surface area contributed by atoms with Gasteiger partial charge in [0.05, 0.1) is 16.6 Å². The summed E-state index contributed by atoms with van der Waals surface area (Å²) in [6.45, 7) is 1.71. The van der Waals surface area contributed by atoms with E-state index in [9.17, 15) is 14.7 Å². The normalized spacial score (nSPS) is 12.3. The molecule has 0 spiro atoms. The third-order valence-electron chi connectivity index (χ3n) is 4.08. The molecule has 2 heterocycles. The zero-order valence-corrected chi connectivity index (χ0v) is 16.4. The van der Waals surface area contributed by atoms with Gasteiger partial charge in [0.2, 0.25) is 11.2 Å². The number of para-hydroxylation sites is 3. The summed E-state index contributed by atoms with van der Waals surface area (Å²) in [6.07, 6.45) is 0. The van der Waals surface area contributed by atoms with Crippen molar-refractivity contribution in [2.45, 2.75) is 13.0 Å². The largest absolute Gasteiger partial charge is 0.506 e. The Morgan fingerprint density at radius 3 is 2.70 bits per heavy atom. The molecule has 0 aliphatic carbocycles. The first-order valence-corrected chi connectivity index (χ1v) is 9.57. The topological polar surface area (TPSA) is 146 Å². The van der Waals surface area contributed by atoms with Crippen molar-refractivity contribution in [3.05, 3.63) is 70.5 Å². The second kappa shape index (κ2) is 8.17. The van der Waals surface area contributed by atoms with Gasteiger partial charge in [-0.1, -0.05) is 24.3 Å². The highest BCUT2D eigenvalue weighted by molar-refractivity contribution is 7.09. The molecule has 0 bridgehead atoms. The Balaban J connectivity index is 1.75. The molecule has 0 fully saturated rings. The van der Waals surface area contributed by atoms with Gasteiger partial charge >= 0.3 is 0 Å². The van der Waals surface area contributed by atoms with Crippen LogP contribution in [-0.4, -0.2) is 30.3 Å². The molecule has 3 N–H and O–H groups in total. The fourth-order valence-corrected chi connectivity index (χ4v) is 3.19. The van der Waals surface area contributed by atoms with Crippen LogP contribution in [0.4, 0.5) is 10.8 Å². The molecule has 2 aromatic carbocycles. The third-order valence-corrected chi connectivity index (χ3v) is 4.77. The van der Waals surface area contributed by atoms with Gasteiger partial charge in [0.25, 0.3) is 11.5 Å². The SMILES string of the molecule is Cc1nsc(N=NC(C(=O)Nc2ccccc2O)c2nc3ccccc3c(=O)[nH]2)n1. The smallest absolute Gasteiger partial charge is 0.259 e. The predicted molar refractivity (Wildman–Crippen MR) is 111 cm³/mol. The van der Waals surface area contributed by atoms with Crippen LogP contribution in [-0.2, 0) is 4.79 Å². The molecule has 10 nitrogen and oxygen atoms in total. The van der Waals surface area contributed by atoms with Gasteiger partial charge < -0.3 is 15.4 Å². The maximum absolute atomic E-state index is 13.0. The van der Waals surface area contributed by atoms with Gasteiger partial charge in [-0.25, -0.2) is 9.97 Å². The number of nitrogens with zero attached hydrogens (tertiary/aromatic N) is 5. The molecular weight excluding hydrogens is 406 g/mol. The Morgan fingerprint density at radius 1 is 1.17 bits per heavy atom. The number of benzene rings is 2. The Hall–Kier alpha value is -3.99. The lowest BCUT2D eigenvalue weighted by atomic mass is 10.2. The van der Waals surface area contributed by atoms with Crippen LogP contribution in [0.2, 0.25) is 0 Å². The molecule has 0 radical (unpaired) electrons. The standard InChI is InChI=1S/C19H15N7O3S/c1-10-20-19(30-26-10)25-24-15(18(29)22-13-8-4-5-9-14(13)27)16-21-12-7-3-2-6-11(12)17(28)23-16/h2-9,15,27H,1H3,(H,22,29)(H,21,23,28). The van der Waals surface area contributed by atoms with Crippen molar-refractivity contribution in [2.75, 3.05) is 5.32 Å². The van der Waals surface area contributed by atoms with Crippen LogP contribution in [0.3, 0.4) is 0 Å². The van der Waals surface area contributed by atoms with Crippen LogP contribution >= 0.6 is 11.5 Å². The Labute approximate surface area is 173 Å². The monoisotopic (exact) mass is 421 g/mol. The number of fused-ring (bicyclic) bond motifs is 1. The fraction of sp³-hybridized carbons (Fsp3) is 0.105.